The van der Waals surface area contributed by atoms with Gasteiger partial charge in [0.05, 0.1) is 32.9 Å². The summed E-state index contributed by atoms with van der Waals surface area (Å²) in [5.74, 6) is 0.875. The van der Waals surface area contributed by atoms with Gasteiger partial charge in [0.25, 0.3) is 0 Å². The molecular formula is C22H25NO5. The molecule has 0 aliphatic carbocycles. The number of rotatable bonds is 8. The summed E-state index contributed by atoms with van der Waals surface area (Å²) in [5, 5.41) is 10.7. The van der Waals surface area contributed by atoms with Crippen LogP contribution in [0.2, 0.25) is 0 Å². The number of ether oxygens (including phenoxy) is 2. The number of furan rings is 1. The van der Waals surface area contributed by atoms with E-state index in [4.69, 9.17) is 13.9 Å². The Bertz CT molecular complexity index is 932. The second kappa shape index (κ2) is 8.91. The zero-order chi connectivity index (χ0) is 20.1. The Labute approximate surface area is 164 Å². The highest BCUT2D eigenvalue weighted by Crippen LogP contribution is 2.30. The van der Waals surface area contributed by atoms with Crippen molar-refractivity contribution in [3.05, 3.63) is 65.4 Å². The van der Waals surface area contributed by atoms with Gasteiger partial charge in [0.1, 0.15) is 22.7 Å². The van der Waals surface area contributed by atoms with Crippen LogP contribution in [0.1, 0.15) is 34.6 Å². The lowest BCUT2D eigenvalue weighted by atomic mass is 10.1. The van der Waals surface area contributed by atoms with E-state index in [0.29, 0.717) is 30.1 Å². The minimum atomic E-state index is -0.402. The summed E-state index contributed by atoms with van der Waals surface area (Å²) >= 11 is 0. The van der Waals surface area contributed by atoms with Crippen molar-refractivity contribution in [3.63, 3.8) is 0 Å². The van der Waals surface area contributed by atoms with Crippen molar-refractivity contribution < 1.29 is 23.8 Å². The molecule has 1 unspecified atom stereocenters. The summed E-state index contributed by atoms with van der Waals surface area (Å²) < 4.78 is 16.4. The van der Waals surface area contributed by atoms with Crippen LogP contribution in [0.25, 0.3) is 11.0 Å². The van der Waals surface area contributed by atoms with Crippen molar-refractivity contribution in [3.8, 4) is 5.75 Å². The Balaban J connectivity index is 1.91. The van der Waals surface area contributed by atoms with Crippen molar-refractivity contribution in [1.29, 1.82) is 0 Å². The van der Waals surface area contributed by atoms with E-state index in [9.17, 15) is 9.90 Å². The molecule has 1 heterocycles. The number of aliphatic hydroxyl groups is 1. The lowest BCUT2D eigenvalue weighted by Crippen LogP contribution is -2.27. The summed E-state index contributed by atoms with van der Waals surface area (Å²) in [6.07, 6.45) is 0. The summed E-state index contributed by atoms with van der Waals surface area (Å²) in [4.78, 5) is 14.5. The third kappa shape index (κ3) is 4.03. The fraction of sp³-hybridized carbons (Fsp3) is 0.318. The van der Waals surface area contributed by atoms with Crippen molar-refractivity contribution in [2.24, 2.45) is 0 Å². The molecule has 0 saturated carbocycles. The van der Waals surface area contributed by atoms with Gasteiger partial charge in [-0.05, 0) is 37.7 Å². The number of para-hydroxylation sites is 1. The molecule has 0 saturated heterocycles. The maximum Gasteiger partial charge on any atom is 0.342 e. The second-order valence-corrected chi connectivity index (χ2v) is 6.50. The van der Waals surface area contributed by atoms with Gasteiger partial charge in [-0.25, -0.2) is 4.79 Å². The molecule has 2 aromatic carbocycles. The van der Waals surface area contributed by atoms with Crippen LogP contribution in [-0.4, -0.2) is 43.3 Å². The van der Waals surface area contributed by atoms with Gasteiger partial charge in [-0.1, -0.05) is 30.3 Å². The first-order valence-electron chi connectivity index (χ1n) is 9.21. The SMILES string of the molecule is CCOC(=O)c1c(CN(C)C(CO)c2ccc(OC)cc2)oc2ccccc12. The molecule has 6 heteroatoms. The van der Waals surface area contributed by atoms with Crippen LogP contribution >= 0.6 is 0 Å². The molecule has 0 fully saturated rings. The van der Waals surface area contributed by atoms with Crippen LogP contribution in [-0.2, 0) is 11.3 Å². The predicted octanol–water partition coefficient (Wildman–Crippen LogP) is 3.78. The third-order valence-electron chi connectivity index (χ3n) is 4.75. The topological polar surface area (TPSA) is 72.1 Å². The zero-order valence-electron chi connectivity index (χ0n) is 16.3. The van der Waals surface area contributed by atoms with Crippen molar-refractivity contribution in [2.45, 2.75) is 19.5 Å². The lowest BCUT2D eigenvalue weighted by molar-refractivity contribution is 0.0523. The molecule has 1 atom stereocenters. The van der Waals surface area contributed by atoms with E-state index in [1.54, 1.807) is 14.0 Å². The van der Waals surface area contributed by atoms with Gasteiger partial charge in [-0.2, -0.15) is 0 Å². The maximum atomic E-state index is 12.5. The minimum Gasteiger partial charge on any atom is -0.497 e. The van der Waals surface area contributed by atoms with Crippen LogP contribution in [0, 0.1) is 0 Å². The van der Waals surface area contributed by atoms with Gasteiger partial charge in [0, 0.05) is 5.39 Å². The van der Waals surface area contributed by atoms with E-state index >= 15 is 0 Å². The average Bonchev–Trinajstić information content (AvgIpc) is 3.07. The van der Waals surface area contributed by atoms with Gasteiger partial charge in [0.2, 0.25) is 0 Å². The van der Waals surface area contributed by atoms with E-state index in [0.717, 1.165) is 16.7 Å². The first-order valence-corrected chi connectivity index (χ1v) is 9.21. The molecule has 28 heavy (non-hydrogen) atoms. The number of benzene rings is 2. The fourth-order valence-corrected chi connectivity index (χ4v) is 3.30. The standard InChI is InChI=1S/C22H25NO5/c1-4-27-22(25)21-17-7-5-6-8-19(17)28-20(21)13-23(2)18(14-24)15-9-11-16(26-3)12-10-15/h5-12,18,24H,4,13-14H2,1-3H3. The van der Waals surface area contributed by atoms with E-state index < -0.39 is 5.97 Å². The van der Waals surface area contributed by atoms with Gasteiger partial charge < -0.3 is 19.0 Å². The van der Waals surface area contributed by atoms with Crippen molar-refractivity contribution >= 4 is 16.9 Å². The number of hydrogen-bond donors (Lipinski definition) is 1. The predicted molar refractivity (Wildman–Crippen MR) is 106 cm³/mol. The van der Waals surface area contributed by atoms with Gasteiger partial charge in [-0.3, -0.25) is 4.90 Å². The van der Waals surface area contributed by atoms with Gasteiger partial charge >= 0.3 is 5.97 Å². The number of methoxy groups -OCH3 is 1. The molecule has 0 bridgehead atoms. The molecule has 1 aromatic heterocycles. The number of likely N-dealkylation sites (N-methyl/N-ethyl adjacent to an activating group) is 1. The number of carbonyl (C=O) groups excluding carboxylic acids is 1. The highest BCUT2D eigenvalue weighted by molar-refractivity contribution is 6.04. The summed E-state index contributed by atoms with van der Waals surface area (Å²) in [5.41, 5.74) is 2.02. The van der Waals surface area contributed by atoms with Crippen LogP contribution in [0.4, 0.5) is 0 Å². The summed E-state index contributed by atoms with van der Waals surface area (Å²) in [6.45, 7) is 2.34. The molecule has 0 amide bonds. The molecule has 1 N–H and O–H groups in total. The monoisotopic (exact) mass is 383 g/mol. The minimum absolute atomic E-state index is 0.0716. The average molecular weight is 383 g/mol. The Morgan fingerprint density at radius 1 is 1.18 bits per heavy atom. The number of aliphatic hydroxyl groups excluding tert-OH is 1. The lowest BCUT2D eigenvalue weighted by Gasteiger charge is -2.26. The van der Waals surface area contributed by atoms with Crippen molar-refractivity contribution in [2.75, 3.05) is 27.4 Å². The highest BCUT2D eigenvalue weighted by atomic mass is 16.5. The number of fused-ring (bicyclic) bond motifs is 1. The molecule has 0 aliphatic heterocycles. The summed E-state index contributed by atoms with van der Waals surface area (Å²) in [7, 11) is 3.50. The van der Waals surface area contributed by atoms with Gasteiger partial charge in [-0.15, -0.1) is 0 Å². The molecule has 6 nitrogen and oxygen atoms in total. The Hall–Kier alpha value is -2.83. The molecule has 148 valence electrons. The van der Waals surface area contributed by atoms with Crippen LogP contribution in [0.3, 0.4) is 0 Å². The van der Waals surface area contributed by atoms with E-state index in [1.165, 1.54) is 0 Å². The Morgan fingerprint density at radius 2 is 1.89 bits per heavy atom. The third-order valence-corrected chi connectivity index (χ3v) is 4.75. The van der Waals surface area contributed by atoms with Crippen LogP contribution < -0.4 is 4.74 Å². The van der Waals surface area contributed by atoms with E-state index in [2.05, 4.69) is 0 Å². The smallest absolute Gasteiger partial charge is 0.342 e. The largest absolute Gasteiger partial charge is 0.497 e. The van der Waals surface area contributed by atoms with Gasteiger partial charge in [0.15, 0.2) is 0 Å². The van der Waals surface area contributed by atoms with E-state index in [-0.39, 0.29) is 12.6 Å². The first-order chi connectivity index (χ1) is 13.6. The zero-order valence-corrected chi connectivity index (χ0v) is 16.3. The van der Waals surface area contributed by atoms with E-state index in [1.807, 2.05) is 60.5 Å². The normalized spacial score (nSPS) is 12.3. The second-order valence-electron chi connectivity index (χ2n) is 6.50. The molecule has 3 rings (SSSR count). The first kappa shape index (κ1) is 19.9. The Morgan fingerprint density at radius 3 is 2.54 bits per heavy atom. The Kier molecular flexibility index (Phi) is 6.34. The molecule has 3 aromatic rings. The van der Waals surface area contributed by atoms with Crippen LogP contribution in [0.15, 0.2) is 52.9 Å². The molecular weight excluding hydrogens is 358 g/mol. The highest BCUT2D eigenvalue weighted by Gasteiger charge is 2.25. The number of hydrogen-bond acceptors (Lipinski definition) is 6. The van der Waals surface area contributed by atoms with Crippen molar-refractivity contribution in [1.82, 2.24) is 4.90 Å². The maximum absolute atomic E-state index is 12.5. The molecule has 0 aliphatic rings. The fourth-order valence-electron chi connectivity index (χ4n) is 3.30. The van der Waals surface area contributed by atoms with Crippen LogP contribution in [0.5, 0.6) is 5.75 Å². The summed E-state index contributed by atoms with van der Waals surface area (Å²) in [6, 6.07) is 14.7. The molecule has 0 spiro atoms. The number of carbonyl (C=O) groups is 1. The number of esters is 1. The quantitative estimate of drug-likeness (QED) is 0.597. The number of nitrogens with zero attached hydrogens (tertiary/aromatic N) is 1. The molecule has 0 radical (unpaired) electrons.